The molecule has 0 bridgehead atoms. The van der Waals surface area contributed by atoms with Gasteiger partial charge in [-0.25, -0.2) is 13.5 Å². The van der Waals surface area contributed by atoms with Crippen LogP contribution >= 0.6 is 0 Å². The zero-order chi connectivity index (χ0) is 27.2. The van der Waals surface area contributed by atoms with Crippen LogP contribution in [-0.2, 0) is 9.59 Å². The van der Waals surface area contributed by atoms with Crippen LogP contribution in [0.3, 0.4) is 0 Å². The zero-order valence-electron chi connectivity index (χ0n) is 20.3. The molecule has 3 aromatic carbocycles. The Labute approximate surface area is 214 Å². The van der Waals surface area contributed by atoms with Crippen LogP contribution in [0, 0.1) is 11.6 Å². The molecule has 196 valence electrons. The van der Waals surface area contributed by atoms with Gasteiger partial charge in [0.1, 0.15) is 5.82 Å². The summed E-state index contributed by atoms with van der Waals surface area (Å²) in [6, 6.07) is 12.9. The predicted octanol–water partition coefficient (Wildman–Crippen LogP) is 4.93. The van der Waals surface area contributed by atoms with Crippen LogP contribution in [0.25, 0.3) is 16.6 Å². The Morgan fingerprint density at radius 3 is 2.45 bits per heavy atom. The number of carbonyl (C=O) groups is 2. The number of aromatic nitrogens is 2. The number of alkyl halides is 2. The van der Waals surface area contributed by atoms with Gasteiger partial charge in [0.2, 0.25) is 5.91 Å². The summed E-state index contributed by atoms with van der Waals surface area (Å²) in [7, 11) is 1.28. The van der Waals surface area contributed by atoms with E-state index < -0.39 is 35.6 Å². The summed E-state index contributed by atoms with van der Waals surface area (Å²) >= 11 is 0. The molecule has 0 aliphatic carbocycles. The third-order valence-corrected chi connectivity index (χ3v) is 6.46. The van der Waals surface area contributed by atoms with Crippen LogP contribution in [-0.4, -0.2) is 40.7 Å². The molecule has 2 heterocycles. The summed E-state index contributed by atoms with van der Waals surface area (Å²) in [5, 5.41) is 7.30. The van der Waals surface area contributed by atoms with E-state index in [1.54, 1.807) is 41.2 Å². The second-order valence-electron chi connectivity index (χ2n) is 9.05. The summed E-state index contributed by atoms with van der Waals surface area (Å²) in [4.78, 5) is 26.8. The third kappa shape index (κ3) is 4.55. The molecule has 7 nitrogen and oxygen atoms in total. The SMILES string of the molecule is COc1cc([C@H]2[C@H](NC(=O)C(C)(F)F)CC(=O)N2c2ccc3c(cnn3-c3ccc(F)cc3)c2)ccc1F. The molecule has 0 saturated carbocycles. The fraction of sp³-hybridized carbons (Fsp3) is 0.222. The standard InChI is InChI=1S/C27H22F4N4O3/c1-27(30,31)26(37)33-21-13-24(36)34(25(21)15-3-9-20(29)23(12-15)38-2)19-8-10-22-16(11-19)14-32-35(22)18-6-4-17(28)5-7-18/h3-12,14,21,25H,13H2,1-2H3,(H,33,37)/t21-,25+/m1/s1. The van der Waals surface area contributed by atoms with Crippen LogP contribution in [0.2, 0.25) is 0 Å². The number of methoxy groups -OCH3 is 1. The lowest BCUT2D eigenvalue weighted by Crippen LogP contribution is -2.46. The van der Waals surface area contributed by atoms with Gasteiger partial charge in [0.25, 0.3) is 5.91 Å². The van der Waals surface area contributed by atoms with E-state index in [0.717, 1.165) is 6.07 Å². The van der Waals surface area contributed by atoms with E-state index >= 15 is 0 Å². The molecule has 4 aromatic rings. The first-order valence-electron chi connectivity index (χ1n) is 11.6. The van der Waals surface area contributed by atoms with Crippen molar-refractivity contribution < 1.29 is 31.9 Å². The van der Waals surface area contributed by atoms with Crippen LogP contribution < -0.4 is 15.0 Å². The molecule has 1 aliphatic heterocycles. The number of halogens is 4. The molecule has 2 amide bonds. The van der Waals surface area contributed by atoms with E-state index in [9.17, 15) is 27.2 Å². The van der Waals surface area contributed by atoms with Crippen molar-refractivity contribution >= 4 is 28.4 Å². The molecule has 1 N–H and O–H groups in total. The minimum absolute atomic E-state index is 0.0938. The topological polar surface area (TPSA) is 76.5 Å². The molecule has 1 saturated heterocycles. The highest BCUT2D eigenvalue weighted by Crippen LogP contribution is 2.40. The average molecular weight is 526 g/mol. The van der Waals surface area contributed by atoms with Gasteiger partial charge in [-0.2, -0.15) is 13.9 Å². The number of benzene rings is 3. The number of nitrogens with one attached hydrogen (secondary N) is 1. The van der Waals surface area contributed by atoms with Crippen LogP contribution in [0.4, 0.5) is 23.2 Å². The van der Waals surface area contributed by atoms with E-state index in [4.69, 9.17) is 4.74 Å². The first-order chi connectivity index (χ1) is 18.1. The Hall–Kier alpha value is -4.41. The molecule has 1 fully saturated rings. The average Bonchev–Trinajstić information content (AvgIpc) is 3.44. The zero-order valence-corrected chi connectivity index (χ0v) is 20.3. The van der Waals surface area contributed by atoms with Crippen molar-refractivity contribution in [1.82, 2.24) is 15.1 Å². The normalized spacial score (nSPS) is 17.7. The summed E-state index contributed by atoms with van der Waals surface area (Å²) in [6.07, 6.45) is 1.33. The van der Waals surface area contributed by atoms with Crippen LogP contribution in [0.15, 0.2) is 66.9 Å². The smallest absolute Gasteiger partial charge is 0.321 e. The molecule has 1 aromatic heterocycles. The summed E-state index contributed by atoms with van der Waals surface area (Å²) in [6.45, 7) is 0.472. The maximum atomic E-state index is 14.2. The van der Waals surface area contributed by atoms with Crippen molar-refractivity contribution in [3.8, 4) is 11.4 Å². The minimum atomic E-state index is -3.66. The molecular weight excluding hydrogens is 504 g/mol. The maximum absolute atomic E-state index is 14.2. The molecule has 0 radical (unpaired) electrons. The van der Waals surface area contributed by atoms with Gasteiger partial charge in [-0.3, -0.25) is 9.59 Å². The summed E-state index contributed by atoms with van der Waals surface area (Å²) in [5.41, 5.74) is 2.13. The first kappa shape index (κ1) is 25.2. The maximum Gasteiger partial charge on any atom is 0.321 e. The van der Waals surface area contributed by atoms with Crippen molar-refractivity contribution in [1.29, 1.82) is 0 Å². The van der Waals surface area contributed by atoms with Gasteiger partial charge in [-0.05, 0) is 60.2 Å². The van der Waals surface area contributed by atoms with Gasteiger partial charge >= 0.3 is 5.92 Å². The van der Waals surface area contributed by atoms with Crippen molar-refractivity contribution in [2.75, 3.05) is 12.0 Å². The van der Waals surface area contributed by atoms with Crippen molar-refractivity contribution in [2.45, 2.75) is 31.4 Å². The lowest BCUT2D eigenvalue weighted by atomic mass is 9.98. The van der Waals surface area contributed by atoms with E-state index in [0.29, 0.717) is 34.8 Å². The lowest BCUT2D eigenvalue weighted by molar-refractivity contribution is -0.143. The van der Waals surface area contributed by atoms with Crippen molar-refractivity contribution in [3.63, 3.8) is 0 Å². The number of hydrogen-bond donors (Lipinski definition) is 1. The number of amides is 2. The van der Waals surface area contributed by atoms with E-state index in [2.05, 4.69) is 10.4 Å². The van der Waals surface area contributed by atoms with Gasteiger partial charge in [0.05, 0.1) is 36.6 Å². The quantitative estimate of drug-likeness (QED) is 0.362. The first-order valence-corrected chi connectivity index (χ1v) is 11.6. The predicted molar refractivity (Wildman–Crippen MR) is 131 cm³/mol. The fourth-order valence-electron chi connectivity index (χ4n) is 4.66. The highest BCUT2D eigenvalue weighted by molar-refractivity contribution is 6.00. The number of nitrogens with zero attached hydrogens (tertiary/aromatic N) is 3. The molecule has 2 atom stereocenters. The van der Waals surface area contributed by atoms with Gasteiger partial charge in [0, 0.05) is 24.4 Å². The van der Waals surface area contributed by atoms with Gasteiger partial charge in [0.15, 0.2) is 11.6 Å². The Morgan fingerprint density at radius 1 is 1.05 bits per heavy atom. The van der Waals surface area contributed by atoms with Crippen LogP contribution in [0.1, 0.15) is 24.9 Å². The van der Waals surface area contributed by atoms with E-state index in [-0.39, 0.29) is 18.0 Å². The largest absolute Gasteiger partial charge is 0.494 e. The van der Waals surface area contributed by atoms with Gasteiger partial charge in [-0.1, -0.05) is 6.07 Å². The van der Waals surface area contributed by atoms with E-state index in [1.165, 1.54) is 36.3 Å². The monoisotopic (exact) mass is 526 g/mol. The number of rotatable bonds is 6. The third-order valence-electron chi connectivity index (χ3n) is 6.46. The minimum Gasteiger partial charge on any atom is -0.494 e. The Kier molecular flexibility index (Phi) is 6.29. The molecule has 38 heavy (non-hydrogen) atoms. The summed E-state index contributed by atoms with van der Waals surface area (Å²) < 4.78 is 61.6. The molecule has 0 spiro atoms. The molecule has 11 heteroatoms. The lowest BCUT2D eigenvalue weighted by Gasteiger charge is -2.30. The highest BCUT2D eigenvalue weighted by atomic mass is 19.3. The Balaban J connectivity index is 1.57. The second-order valence-corrected chi connectivity index (χ2v) is 9.05. The molecule has 5 rings (SSSR count). The molecular formula is C27H22F4N4O3. The fourth-order valence-corrected chi connectivity index (χ4v) is 4.66. The molecule has 0 unspecified atom stereocenters. The number of anilines is 1. The number of hydrogen-bond acceptors (Lipinski definition) is 4. The number of ether oxygens (including phenoxy) is 1. The Bertz CT molecular complexity index is 1530. The summed E-state index contributed by atoms with van der Waals surface area (Å²) in [5.74, 6) is -6.72. The van der Waals surface area contributed by atoms with Gasteiger partial charge in [-0.15, -0.1) is 0 Å². The number of carbonyl (C=O) groups excluding carboxylic acids is 2. The van der Waals surface area contributed by atoms with Crippen LogP contribution in [0.5, 0.6) is 5.75 Å². The second kappa shape index (κ2) is 9.47. The Morgan fingerprint density at radius 2 is 1.76 bits per heavy atom. The van der Waals surface area contributed by atoms with Crippen molar-refractivity contribution in [3.05, 3.63) is 84.1 Å². The van der Waals surface area contributed by atoms with Crippen molar-refractivity contribution in [2.24, 2.45) is 0 Å². The number of fused-ring (bicyclic) bond motifs is 1. The highest BCUT2D eigenvalue weighted by Gasteiger charge is 2.45. The van der Waals surface area contributed by atoms with Gasteiger partial charge < -0.3 is 15.0 Å². The van der Waals surface area contributed by atoms with E-state index in [1.807, 2.05) is 0 Å². The molecule has 1 aliphatic rings.